The van der Waals surface area contributed by atoms with Crippen molar-refractivity contribution in [3.05, 3.63) is 23.8 Å². The van der Waals surface area contributed by atoms with Gasteiger partial charge < -0.3 is 34.3 Å². The summed E-state index contributed by atoms with van der Waals surface area (Å²) in [5.74, 6) is -3.38. The molecular formula is C32H48O8. The van der Waals surface area contributed by atoms with Crippen LogP contribution in [0.15, 0.2) is 23.8 Å². The number of unbranched alkanes of at least 4 members (excludes halogenated alkanes) is 8. The van der Waals surface area contributed by atoms with Gasteiger partial charge in [-0.3, -0.25) is 4.79 Å². The topological polar surface area (TPSA) is 118 Å². The molecule has 0 amide bonds. The van der Waals surface area contributed by atoms with Gasteiger partial charge in [-0.15, -0.1) is 0 Å². The summed E-state index contributed by atoms with van der Waals surface area (Å²) in [5, 5.41) is 34.2. The first-order chi connectivity index (χ1) is 19.0. The zero-order valence-electron chi connectivity index (χ0n) is 24.6. The van der Waals surface area contributed by atoms with Crippen molar-refractivity contribution in [3.63, 3.8) is 0 Å². The zero-order chi connectivity index (χ0) is 28.7. The third kappa shape index (κ3) is 3.60. The van der Waals surface area contributed by atoms with Gasteiger partial charge in [-0.25, -0.2) is 0 Å². The van der Waals surface area contributed by atoms with E-state index in [1.807, 2.05) is 6.92 Å². The van der Waals surface area contributed by atoms with Crippen LogP contribution in [0.3, 0.4) is 0 Å². The van der Waals surface area contributed by atoms with Crippen LogP contribution in [0.2, 0.25) is 0 Å². The fourth-order valence-corrected chi connectivity index (χ4v) is 9.19. The normalized spacial score (nSPS) is 49.8. The highest BCUT2D eigenvalue weighted by Crippen LogP contribution is 2.73. The van der Waals surface area contributed by atoms with Crippen molar-refractivity contribution < 1.29 is 39.1 Å². The summed E-state index contributed by atoms with van der Waals surface area (Å²) in [7, 11) is 0. The highest BCUT2D eigenvalue weighted by Gasteiger charge is 2.88. The number of carbonyl (C=O) groups excluding carboxylic acids is 1. The minimum atomic E-state index is -2.18. The van der Waals surface area contributed by atoms with Crippen LogP contribution in [0, 0.1) is 17.8 Å². The fraction of sp³-hybridized carbons (Fsp3) is 0.844. The van der Waals surface area contributed by atoms with Gasteiger partial charge in [-0.1, -0.05) is 77.9 Å². The van der Waals surface area contributed by atoms with E-state index in [-0.39, 0.29) is 5.92 Å². The number of rotatable bonds is 12. The van der Waals surface area contributed by atoms with E-state index in [9.17, 15) is 20.1 Å². The third-order valence-electron chi connectivity index (χ3n) is 11.3. The zero-order valence-corrected chi connectivity index (χ0v) is 24.6. The predicted octanol–water partition coefficient (Wildman–Crippen LogP) is 4.10. The first-order valence-electron chi connectivity index (χ1n) is 15.7. The Hall–Kier alpha value is -1.13. The van der Waals surface area contributed by atoms with Crippen LogP contribution >= 0.6 is 0 Å². The number of epoxide rings is 1. The molecule has 3 saturated heterocycles. The largest absolute Gasteiger partial charge is 0.393 e. The first-order valence-corrected chi connectivity index (χ1v) is 15.7. The molecule has 0 aromatic heterocycles. The van der Waals surface area contributed by atoms with Crippen LogP contribution in [0.5, 0.6) is 0 Å². The molecule has 5 fully saturated rings. The Morgan fingerprint density at radius 1 is 1.05 bits per heavy atom. The number of aliphatic hydroxyl groups is 3. The molecule has 8 nitrogen and oxygen atoms in total. The summed E-state index contributed by atoms with van der Waals surface area (Å²) in [5.41, 5.74) is -4.36. The molecular weight excluding hydrogens is 512 g/mol. The van der Waals surface area contributed by atoms with Crippen molar-refractivity contribution in [1.29, 1.82) is 0 Å². The second-order valence-corrected chi connectivity index (χ2v) is 13.7. The highest BCUT2D eigenvalue weighted by atomic mass is 16.9. The molecule has 0 aromatic rings. The molecule has 6 aliphatic rings. The van der Waals surface area contributed by atoms with Crippen LogP contribution < -0.4 is 0 Å². The third-order valence-corrected chi connectivity index (χ3v) is 11.3. The lowest BCUT2D eigenvalue weighted by molar-refractivity contribution is -0.430. The Kier molecular flexibility index (Phi) is 7.02. The number of hydrogen-bond acceptors (Lipinski definition) is 8. The maximum atomic E-state index is 13.5. The van der Waals surface area contributed by atoms with Gasteiger partial charge in [0.05, 0.1) is 12.2 Å². The molecule has 3 aliphatic heterocycles. The van der Waals surface area contributed by atoms with E-state index in [1.54, 1.807) is 13.0 Å². The number of fused-ring (bicyclic) bond motifs is 3. The van der Waals surface area contributed by atoms with Crippen LogP contribution in [0.25, 0.3) is 0 Å². The van der Waals surface area contributed by atoms with E-state index in [0.29, 0.717) is 18.4 Å². The van der Waals surface area contributed by atoms with E-state index in [1.165, 1.54) is 38.5 Å². The van der Waals surface area contributed by atoms with Gasteiger partial charge in [-0.2, -0.15) is 0 Å². The summed E-state index contributed by atoms with van der Waals surface area (Å²) in [6, 6.07) is 0. The number of Topliss-reactive ketones (excluding diaryl/α,β-unsaturated/α-hetero) is 1. The molecule has 3 aliphatic carbocycles. The van der Waals surface area contributed by atoms with Crippen molar-refractivity contribution >= 4 is 5.78 Å². The summed E-state index contributed by atoms with van der Waals surface area (Å²) in [6.45, 7) is 11.7. The van der Waals surface area contributed by atoms with Gasteiger partial charge in [-0.05, 0) is 43.8 Å². The minimum absolute atomic E-state index is 0.184. The predicted molar refractivity (Wildman–Crippen MR) is 147 cm³/mol. The average molecular weight is 561 g/mol. The lowest BCUT2D eigenvalue weighted by Crippen LogP contribution is -2.72. The molecule has 3 heterocycles. The first kappa shape index (κ1) is 29.0. The summed E-state index contributed by atoms with van der Waals surface area (Å²) >= 11 is 0. The Balaban J connectivity index is 1.33. The number of hydrogen-bond donors (Lipinski definition) is 3. The Morgan fingerprint density at radius 3 is 2.33 bits per heavy atom. The van der Waals surface area contributed by atoms with E-state index in [0.717, 1.165) is 24.8 Å². The fourth-order valence-electron chi connectivity index (χ4n) is 9.19. The standard InChI is InChI=1S/C32H48O8/c1-6-7-8-9-10-11-12-13-14-15-30-38-25-23-26-29(18-33,37-26)27(35)31(36)22(16-20(4)24(31)34)32(23,40-30)21(5)17-28(25,39-30)19(2)3/h16,21-23,25-27,33,35-36H,2,6-15,17-18H2,1,3-5H3/t21?,22-,23-,25-,26+,27-,28-,29+,30?,31-,32+/m1/s1. The van der Waals surface area contributed by atoms with Gasteiger partial charge in [0.25, 0.3) is 5.97 Å². The quantitative estimate of drug-likeness (QED) is 0.186. The Bertz CT molecular complexity index is 1090. The lowest BCUT2D eigenvalue weighted by Gasteiger charge is -2.59. The second-order valence-electron chi connectivity index (χ2n) is 13.7. The van der Waals surface area contributed by atoms with E-state index in [2.05, 4.69) is 20.4 Å². The number of aliphatic hydroxyl groups excluding tert-OH is 2. The smallest absolute Gasteiger partial charge is 0.284 e. The van der Waals surface area contributed by atoms with Crippen molar-refractivity contribution in [2.75, 3.05) is 6.61 Å². The summed E-state index contributed by atoms with van der Waals surface area (Å²) in [6.07, 6.45) is 10.7. The van der Waals surface area contributed by atoms with Gasteiger partial charge in [0.15, 0.2) is 11.4 Å². The van der Waals surface area contributed by atoms with Crippen LogP contribution in [0.1, 0.15) is 98.3 Å². The molecule has 3 N–H and O–H groups in total. The van der Waals surface area contributed by atoms with E-state index < -0.39 is 70.9 Å². The number of carbonyl (C=O) groups is 1. The molecule has 2 unspecified atom stereocenters. The van der Waals surface area contributed by atoms with Gasteiger partial charge in [0.1, 0.15) is 29.5 Å². The monoisotopic (exact) mass is 560 g/mol. The maximum Gasteiger partial charge on any atom is 0.284 e. The second kappa shape index (κ2) is 9.69. The molecule has 3 bridgehead atoms. The van der Waals surface area contributed by atoms with Gasteiger partial charge in [0.2, 0.25) is 0 Å². The van der Waals surface area contributed by atoms with Crippen LogP contribution in [0.4, 0.5) is 0 Å². The molecule has 0 radical (unpaired) electrons. The lowest BCUT2D eigenvalue weighted by atomic mass is 9.54. The number of ether oxygens (including phenoxy) is 4. The van der Waals surface area contributed by atoms with Crippen molar-refractivity contribution in [3.8, 4) is 0 Å². The highest BCUT2D eigenvalue weighted by molar-refractivity contribution is 6.05. The SMILES string of the molecule is C=C(C)[C@]12CC(C)[C@@]34OC(CCCCCCCCCCC)(O[C@@H]1[C@@H]3[C@@H]1O[C@]1(CO)[C@@H](O)[C@]1(O)C(=O)C(C)=C[C@H]14)O2. The van der Waals surface area contributed by atoms with Crippen LogP contribution in [-0.2, 0) is 23.7 Å². The maximum absolute atomic E-state index is 13.5. The molecule has 0 aromatic carbocycles. The van der Waals surface area contributed by atoms with E-state index >= 15 is 0 Å². The molecule has 0 spiro atoms. The molecule has 6 rings (SSSR count). The van der Waals surface area contributed by atoms with Crippen molar-refractivity contribution in [1.82, 2.24) is 0 Å². The molecule has 224 valence electrons. The van der Waals surface area contributed by atoms with Crippen molar-refractivity contribution in [2.24, 2.45) is 17.8 Å². The summed E-state index contributed by atoms with van der Waals surface area (Å²) < 4.78 is 26.8. The minimum Gasteiger partial charge on any atom is -0.393 e. The Labute approximate surface area is 238 Å². The van der Waals surface area contributed by atoms with Gasteiger partial charge in [0, 0.05) is 18.3 Å². The van der Waals surface area contributed by atoms with Gasteiger partial charge >= 0.3 is 0 Å². The van der Waals surface area contributed by atoms with Crippen LogP contribution in [-0.4, -0.2) is 74.4 Å². The molecule has 40 heavy (non-hydrogen) atoms. The molecule has 8 heteroatoms. The number of ketones is 1. The summed E-state index contributed by atoms with van der Waals surface area (Å²) in [4.78, 5) is 13.5. The molecule has 11 atom stereocenters. The van der Waals surface area contributed by atoms with E-state index in [4.69, 9.17) is 18.9 Å². The Morgan fingerprint density at radius 2 is 1.70 bits per heavy atom. The average Bonchev–Trinajstić information content (AvgIpc) is 3.56. The molecule has 2 saturated carbocycles. The van der Waals surface area contributed by atoms with Crippen molar-refractivity contribution in [2.45, 2.75) is 145 Å².